The molecule has 4 nitrogen and oxygen atoms in total. The minimum atomic E-state index is -0.339. The summed E-state index contributed by atoms with van der Waals surface area (Å²) < 4.78 is 5.25. The van der Waals surface area contributed by atoms with Crippen molar-refractivity contribution in [2.45, 2.75) is 13.0 Å². The molecular formula is C8H18N2O2. The first-order valence-electron chi connectivity index (χ1n) is 4.07. The number of carbonyl (C=O) groups excluding carboxylic acids is 1. The minimum absolute atomic E-state index is 0.00565. The molecule has 1 N–H and O–H groups in total. The first-order valence-corrected chi connectivity index (χ1v) is 4.07. The van der Waals surface area contributed by atoms with Crippen molar-refractivity contribution in [1.82, 2.24) is 10.2 Å². The topological polar surface area (TPSA) is 41.6 Å². The molecule has 0 aromatic rings. The molecule has 0 heterocycles. The van der Waals surface area contributed by atoms with Gasteiger partial charge in [-0.2, -0.15) is 0 Å². The number of rotatable bonds is 5. The number of ether oxygens (including phenoxy) is 1. The highest BCUT2D eigenvalue weighted by atomic mass is 16.5. The minimum Gasteiger partial charge on any atom is -0.367 e. The van der Waals surface area contributed by atoms with Crippen LogP contribution in [0.25, 0.3) is 0 Å². The SMILES string of the molecule is CNCCOC(C)C(=O)N(C)C. The third kappa shape index (κ3) is 4.31. The lowest BCUT2D eigenvalue weighted by Gasteiger charge is -2.16. The summed E-state index contributed by atoms with van der Waals surface area (Å²) in [7, 11) is 5.29. The molecule has 0 bridgehead atoms. The number of likely N-dealkylation sites (N-methyl/N-ethyl adjacent to an activating group) is 2. The summed E-state index contributed by atoms with van der Waals surface area (Å²) in [6, 6.07) is 0. The van der Waals surface area contributed by atoms with Crippen molar-refractivity contribution in [3.05, 3.63) is 0 Å². The van der Waals surface area contributed by atoms with Crippen LogP contribution in [-0.2, 0) is 9.53 Å². The molecule has 1 atom stereocenters. The second-order valence-corrected chi connectivity index (χ2v) is 2.85. The van der Waals surface area contributed by atoms with E-state index in [2.05, 4.69) is 5.32 Å². The van der Waals surface area contributed by atoms with E-state index in [4.69, 9.17) is 4.74 Å². The van der Waals surface area contributed by atoms with Gasteiger partial charge in [-0.25, -0.2) is 0 Å². The molecule has 0 aliphatic rings. The van der Waals surface area contributed by atoms with Crippen molar-refractivity contribution in [3.8, 4) is 0 Å². The van der Waals surface area contributed by atoms with E-state index in [1.54, 1.807) is 21.0 Å². The third-order valence-corrected chi connectivity index (χ3v) is 1.51. The highest BCUT2D eigenvalue weighted by molar-refractivity contribution is 5.79. The van der Waals surface area contributed by atoms with Gasteiger partial charge in [-0.1, -0.05) is 0 Å². The number of amides is 1. The zero-order chi connectivity index (χ0) is 9.56. The van der Waals surface area contributed by atoms with Gasteiger partial charge < -0.3 is 15.0 Å². The van der Waals surface area contributed by atoms with Crippen molar-refractivity contribution in [2.75, 3.05) is 34.3 Å². The van der Waals surface area contributed by atoms with E-state index in [-0.39, 0.29) is 12.0 Å². The molecular weight excluding hydrogens is 156 g/mol. The fourth-order valence-electron chi connectivity index (χ4n) is 0.773. The van der Waals surface area contributed by atoms with Crippen LogP contribution in [0.3, 0.4) is 0 Å². The summed E-state index contributed by atoms with van der Waals surface area (Å²) >= 11 is 0. The Labute approximate surface area is 73.9 Å². The van der Waals surface area contributed by atoms with Gasteiger partial charge in [0.15, 0.2) is 0 Å². The summed E-state index contributed by atoms with van der Waals surface area (Å²) in [6.45, 7) is 3.10. The monoisotopic (exact) mass is 174 g/mol. The Kier molecular flexibility index (Phi) is 5.66. The lowest BCUT2D eigenvalue weighted by atomic mass is 10.3. The molecule has 0 aromatic heterocycles. The number of nitrogens with one attached hydrogen (secondary N) is 1. The third-order valence-electron chi connectivity index (χ3n) is 1.51. The van der Waals surface area contributed by atoms with Crippen LogP contribution in [0.2, 0.25) is 0 Å². The molecule has 4 heteroatoms. The molecule has 0 rings (SSSR count). The first kappa shape index (κ1) is 11.4. The Balaban J connectivity index is 3.57. The van der Waals surface area contributed by atoms with Crippen LogP contribution in [-0.4, -0.2) is 51.2 Å². The zero-order valence-electron chi connectivity index (χ0n) is 8.26. The predicted molar refractivity (Wildman–Crippen MR) is 48.0 cm³/mol. The van der Waals surface area contributed by atoms with Gasteiger partial charge in [0.25, 0.3) is 5.91 Å². The second-order valence-electron chi connectivity index (χ2n) is 2.85. The van der Waals surface area contributed by atoms with Crippen molar-refractivity contribution < 1.29 is 9.53 Å². The zero-order valence-corrected chi connectivity index (χ0v) is 8.26. The fraction of sp³-hybridized carbons (Fsp3) is 0.875. The van der Waals surface area contributed by atoms with E-state index in [1.807, 2.05) is 7.05 Å². The second kappa shape index (κ2) is 5.97. The number of nitrogens with zero attached hydrogens (tertiary/aromatic N) is 1. The lowest BCUT2D eigenvalue weighted by Crippen LogP contribution is -2.34. The van der Waals surface area contributed by atoms with E-state index in [0.29, 0.717) is 6.61 Å². The Morgan fingerprint density at radius 3 is 2.58 bits per heavy atom. The maximum atomic E-state index is 11.2. The summed E-state index contributed by atoms with van der Waals surface area (Å²) in [5, 5.41) is 2.94. The number of carbonyl (C=O) groups is 1. The average Bonchev–Trinajstić information content (AvgIpc) is 2.03. The van der Waals surface area contributed by atoms with Gasteiger partial charge in [0.05, 0.1) is 6.61 Å². The highest BCUT2D eigenvalue weighted by Crippen LogP contribution is 1.93. The molecule has 0 saturated carbocycles. The predicted octanol–water partition coefficient (Wildman–Crippen LogP) is -0.301. The maximum Gasteiger partial charge on any atom is 0.250 e. The van der Waals surface area contributed by atoms with Crippen molar-refractivity contribution in [3.63, 3.8) is 0 Å². The molecule has 0 saturated heterocycles. The van der Waals surface area contributed by atoms with Crippen LogP contribution in [0.15, 0.2) is 0 Å². The smallest absolute Gasteiger partial charge is 0.250 e. The highest BCUT2D eigenvalue weighted by Gasteiger charge is 2.14. The van der Waals surface area contributed by atoms with E-state index in [9.17, 15) is 4.79 Å². The summed E-state index contributed by atoms with van der Waals surface area (Å²) in [5.74, 6) is 0.00565. The molecule has 72 valence electrons. The normalized spacial score (nSPS) is 12.7. The van der Waals surface area contributed by atoms with Crippen LogP contribution in [0.5, 0.6) is 0 Å². The van der Waals surface area contributed by atoms with Crippen LogP contribution >= 0.6 is 0 Å². The maximum absolute atomic E-state index is 11.2. The van der Waals surface area contributed by atoms with Gasteiger partial charge in [0.2, 0.25) is 0 Å². The molecule has 12 heavy (non-hydrogen) atoms. The first-order chi connectivity index (χ1) is 5.59. The molecule has 0 spiro atoms. The summed E-state index contributed by atoms with van der Waals surface area (Å²) in [6.07, 6.45) is -0.339. The van der Waals surface area contributed by atoms with Gasteiger partial charge in [-0.05, 0) is 14.0 Å². The fourth-order valence-corrected chi connectivity index (χ4v) is 0.773. The van der Waals surface area contributed by atoms with E-state index < -0.39 is 0 Å². The molecule has 0 fully saturated rings. The van der Waals surface area contributed by atoms with Gasteiger partial charge in [0, 0.05) is 20.6 Å². The van der Waals surface area contributed by atoms with E-state index in [1.165, 1.54) is 4.90 Å². The van der Waals surface area contributed by atoms with Crippen molar-refractivity contribution in [1.29, 1.82) is 0 Å². The molecule has 1 amide bonds. The standard InChI is InChI=1S/C8H18N2O2/c1-7(8(11)10(3)4)12-6-5-9-2/h7,9H,5-6H2,1-4H3. The Morgan fingerprint density at radius 2 is 2.17 bits per heavy atom. The number of hydrogen-bond donors (Lipinski definition) is 1. The summed E-state index contributed by atoms with van der Waals surface area (Å²) in [5.41, 5.74) is 0. The quantitative estimate of drug-likeness (QED) is 0.582. The van der Waals surface area contributed by atoms with Gasteiger partial charge in [-0.3, -0.25) is 4.79 Å². The van der Waals surface area contributed by atoms with Gasteiger partial charge in [-0.15, -0.1) is 0 Å². The van der Waals surface area contributed by atoms with Crippen LogP contribution in [0, 0.1) is 0 Å². The van der Waals surface area contributed by atoms with E-state index >= 15 is 0 Å². The molecule has 0 aliphatic heterocycles. The Hall–Kier alpha value is -0.610. The largest absolute Gasteiger partial charge is 0.367 e. The van der Waals surface area contributed by atoms with Gasteiger partial charge in [0.1, 0.15) is 6.10 Å². The Bertz CT molecular complexity index is 137. The van der Waals surface area contributed by atoms with Crippen molar-refractivity contribution in [2.24, 2.45) is 0 Å². The molecule has 0 radical (unpaired) electrons. The van der Waals surface area contributed by atoms with E-state index in [0.717, 1.165) is 6.54 Å². The number of hydrogen-bond acceptors (Lipinski definition) is 3. The Morgan fingerprint density at radius 1 is 1.58 bits per heavy atom. The molecule has 0 aromatic carbocycles. The van der Waals surface area contributed by atoms with Crippen molar-refractivity contribution >= 4 is 5.91 Å². The average molecular weight is 174 g/mol. The summed E-state index contributed by atoms with van der Waals surface area (Å²) in [4.78, 5) is 12.7. The lowest BCUT2D eigenvalue weighted by molar-refractivity contribution is -0.139. The molecule has 1 unspecified atom stereocenters. The van der Waals surface area contributed by atoms with Gasteiger partial charge >= 0.3 is 0 Å². The van der Waals surface area contributed by atoms with Crippen LogP contribution < -0.4 is 5.32 Å². The molecule has 0 aliphatic carbocycles. The van der Waals surface area contributed by atoms with Crippen LogP contribution in [0.4, 0.5) is 0 Å². The van der Waals surface area contributed by atoms with Crippen LogP contribution in [0.1, 0.15) is 6.92 Å².